The van der Waals surface area contributed by atoms with Crippen LogP contribution in [0.5, 0.6) is 5.75 Å². The molecule has 1 radical (unpaired) electrons. The van der Waals surface area contributed by atoms with Crippen molar-refractivity contribution in [2.24, 2.45) is 0 Å². The molecule has 77 valence electrons. The van der Waals surface area contributed by atoms with Gasteiger partial charge < -0.3 is 4.74 Å². The van der Waals surface area contributed by atoms with E-state index in [1.54, 1.807) is 0 Å². The Balaban J connectivity index is 2.55. The van der Waals surface area contributed by atoms with Crippen LogP contribution in [0.15, 0.2) is 18.2 Å². The minimum atomic E-state index is -0.880. The fourth-order valence-electron chi connectivity index (χ4n) is 0.812. The molecular formula is C10H10F2IO. The van der Waals surface area contributed by atoms with E-state index in [0.29, 0.717) is 12.4 Å². The quantitative estimate of drug-likeness (QED) is 0.612. The Morgan fingerprint density at radius 3 is 2.64 bits per heavy atom. The summed E-state index contributed by atoms with van der Waals surface area (Å²) in [6.07, 6.45) is 0. The van der Waals surface area contributed by atoms with Crippen LogP contribution in [0.4, 0.5) is 8.78 Å². The lowest BCUT2D eigenvalue weighted by Crippen LogP contribution is -2.07. The van der Waals surface area contributed by atoms with Gasteiger partial charge in [-0.05, 0) is 12.1 Å². The fraction of sp³-hybridized carbons (Fsp3) is 0.300. The highest BCUT2D eigenvalue weighted by Gasteiger charge is 2.05. The lowest BCUT2D eigenvalue weighted by molar-refractivity contribution is 0.330. The Kier molecular flexibility index (Phi) is 4.57. The highest BCUT2D eigenvalue weighted by atomic mass is 127. The first-order valence-corrected chi connectivity index (χ1v) is 5.61. The Morgan fingerprint density at radius 2 is 2.07 bits per heavy atom. The van der Waals surface area contributed by atoms with E-state index >= 15 is 0 Å². The third-order valence-electron chi connectivity index (χ3n) is 1.60. The predicted octanol–water partition coefficient (Wildman–Crippen LogP) is 3.37. The van der Waals surface area contributed by atoms with E-state index in [-0.39, 0.29) is 0 Å². The van der Waals surface area contributed by atoms with Crippen LogP contribution >= 0.6 is 22.6 Å². The molecule has 0 saturated carbocycles. The van der Waals surface area contributed by atoms with Gasteiger partial charge in [0, 0.05) is 16.4 Å². The largest absolute Gasteiger partial charge is 0.493 e. The number of halogens is 3. The second kappa shape index (κ2) is 5.48. The van der Waals surface area contributed by atoms with Crippen LogP contribution in [0, 0.1) is 17.6 Å². The van der Waals surface area contributed by atoms with Crippen LogP contribution in [0.25, 0.3) is 0 Å². The van der Waals surface area contributed by atoms with Crippen LogP contribution in [0.1, 0.15) is 6.92 Å². The summed E-state index contributed by atoms with van der Waals surface area (Å²) in [7, 11) is 0. The maximum atomic E-state index is 12.7. The molecule has 0 aliphatic heterocycles. The SMILES string of the molecule is C[C](CI)COc1ccc(F)c(F)c1. The van der Waals surface area contributed by atoms with Crippen molar-refractivity contribution in [3.63, 3.8) is 0 Å². The Morgan fingerprint density at radius 1 is 1.36 bits per heavy atom. The van der Waals surface area contributed by atoms with E-state index in [2.05, 4.69) is 22.6 Å². The molecule has 0 aromatic heterocycles. The van der Waals surface area contributed by atoms with E-state index in [0.717, 1.165) is 22.5 Å². The molecule has 0 saturated heterocycles. The highest BCUT2D eigenvalue weighted by molar-refractivity contribution is 14.1. The molecule has 0 aliphatic carbocycles. The number of hydrogen-bond donors (Lipinski definition) is 0. The minimum absolute atomic E-state index is 0.355. The molecule has 0 fully saturated rings. The minimum Gasteiger partial charge on any atom is -0.493 e. The summed E-state index contributed by atoms with van der Waals surface area (Å²) < 4.78 is 31.4. The number of benzene rings is 1. The summed E-state index contributed by atoms with van der Waals surface area (Å²) in [6.45, 7) is 2.39. The van der Waals surface area contributed by atoms with Gasteiger partial charge in [0.05, 0.1) is 6.61 Å². The van der Waals surface area contributed by atoms with Gasteiger partial charge in [0.1, 0.15) is 5.75 Å². The number of ether oxygens (including phenoxy) is 1. The normalized spacial score (nSPS) is 10.6. The summed E-state index contributed by atoms with van der Waals surface area (Å²) in [6, 6.07) is 3.53. The van der Waals surface area contributed by atoms with E-state index in [1.165, 1.54) is 6.07 Å². The molecule has 1 rings (SSSR count). The zero-order valence-electron chi connectivity index (χ0n) is 7.69. The van der Waals surface area contributed by atoms with Gasteiger partial charge in [-0.3, -0.25) is 0 Å². The summed E-state index contributed by atoms with van der Waals surface area (Å²) in [4.78, 5) is 0. The smallest absolute Gasteiger partial charge is 0.162 e. The van der Waals surface area contributed by atoms with E-state index < -0.39 is 11.6 Å². The predicted molar refractivity (Wildman–Crippen MR) is 59.7 cm³/mol. The molecule has 0 unspecified atom stereocenters. The Labute approximate surface area is 95.6 Å². The second-order valence-electron chi connectivity index (χ2n) is 2.96. The van der Waals surface area contributed by atoms with Gasteiger partial charge in [-0.2, -0.15) is 0 Å². The Hall–Kier alpha value is -0.390. The van der Waals surface area contributed by atoms with Crippen LogP contribution in [-0.2, 0) is 0 Å². The molecule has 1 nitrogen and oxygen atoms in total. The number of rotatable bonds is 4. The first-order valence-electron chi connectivity index (χ1n) is 4.08. The van der Waals surface area contributed by atoms with Crippen molar-refractivity contribution in [1.82, 2.24) is 0 Å². The fourth-order valence-corrected chi connectivity index (χ4v) is 1.03. The maximum absolute atomic E-state index is 12.7. The van der Waals surface area contributed by atoms with Gasteiger partial charge in [-0.15, -0.1) is 0 Å². The summed E-state index contributed by atoms with van der Waals surface area (Å²) in [5, 5.41) is 0. The Bertz CT molecular complexity index is 304. The third kappa shape index (κ3) is 3.40. The molecule has 0 aliphatic rings. The molecule has 1 aromatic rings. The van der Waals surface area contributed by atoms with Gasteiger partial charge in [-0.1, -0.05) is 29.5 Å². The average molecular weight is 311 g/mol. The van der Waals surface area contributed by atoms with Gasteiger partial charge >= 0.3 is 0 Å². The van der Waals surface area contributed by atoms with Crippen molar-refractivity contribution in [2.75, 3.05) is 11.0 Å². The van der Waals surface area contributed by atoms with E-state index in [4.69, 9.17) is 4.74 Å². The highest BCUT2D eigenvalue weighted by Crippen LogP contribution is 2.16. The zero-order chi connectivity index (χ0) is 10.6. The number of alkyl halides is 1. The molecule has 0 spiro atoms. The summed E-state index contributed by atoms with van der Waals surface area (Å²) in [5.74, 6) is -0.231. The van der Waals surface area contributed by atoms with Gasteiger partial charge in [0.2, 0.25) is 0 Å². The molecule has 0 atom stereocenters. The molecule has 1 aromatic carbocycles. The molecule has 0 N–H and O–H groups in total. The topological polar surface area (TPSA) is 9.23 Å². The monoisotopic (exact) mass is 311 g/mol. The van der Waals surface area contributed by atoms with Gasteiger partial charge in [0.15, 0.2) is 11.6 Å². The summed E-state index contributed by atoms with van der Waals surface area (Å²) >= 11 is 2.22. The van der Waals surface area contributed by atoms with Crippen LogP contribution in [0.3, 0.4) is 0 Å². The summed E-state index contributed by atoms with van der Waals surface area (Å²) in [5.41, 5.74) is 0. The molecular weight excluding hydrogens is 301 g/mol. The molecule has 4 heteroatoms. The van der Waals surface area contributed by atoms with Crippen molar-refractivity contribution >= 4 is 22.6 Å². The van der Waals surface area contributed by atoms with Crippen molar-refractivity contribution in [1.29, 1.82) is 0 Å². The second-order valence-corrected chi connectivity index (χ2v) is 3.72. The molecule has 14 heavy (non-hydrogen) atoms. The van der Waals surface area contributed by atoms with Crippen LogP contribution in [0.2, 0.25) is 0 Å². The van der Waals surface area contributed by atoms with Gasteiger partial charge in [-0.25, -0.2) is 8.78 Å². The molecule has 0 bridgehead atoms. The number of hydrogen-bond acceptors (Lipinski definition) is 1. The third-order valence-corrected chi connectivity index (χ3v) is 2.91. The first kappa shape index (κ1) is 11.7. The van der Waals surface area contributed by atoms with Crippen molar-refractivity contribution in [3.05, 3.63) is 35.8 Å². The van der Waals surface area contributed by atoms with Crippen LogP contribution < -0.4 is 4.74 Å². The van der Waals surface area contributed by atoms with Crippen molar-refractivity contribution < 1.29 is 13.5 Å². The molecule has 0 heterocycles. The standard InChI is InChI=1S/C10H10F2IO/c1-7(5-13)6-14-8-2-3-9(11)10(12)4-8/h2-4H,5-6H2,1H3. The molecule has 0 amide bonds. The first-order chi connectivity index (χ1) is 6.63. The van der Waals surface area contributed by atoms with Crippen LogP contribution in [-0.4, -0.2) is 11.0 Å². The van der Waals surface area contributed by atoms with Crippen molar-refractivity contribution in [2.45, 2.75) is 6.92 Å². The van der Waals surface area contributed by atoms with Gasteiger partial charge in [0.25, 0.3) is 0 Å². The van der Waals surface area contributed by atoms with E-state index in [1.807, 2.05) is 6.92 Å². The lowest BCUT2D eigenvalue weighted by Gasteiger charge is -2.09. The lowest BCUT2D eigenvalue weighted by atomic mass is 10.2. The van der Waals surface area contributed by atoms with E-state index in [9.17, 15) is 8.78 Å². The zero-order valence-corrected chi connectivity index (χ0v) is 9.85. The average Bonchev–Trinajstić information content (AvgIpc) is 2.19. The maximum Gasteiger partial charge on any atom is 0.162 e. The van der Waals surface area contributed by atoms with Crippen molar-refractivity contribution in [3.8, 4) is 5.75 Å².